The lowest BCUT2D eigenvalue weighted by Crippen LogP contribution is -2.71. The van der Waals surface area contributed by atoms with Crippen LogP contribution >= 0.6 is 35.7 Å². The van der Waals surface area contributed by atoms with E-state index >= 15 is 0 Å². The first-order chi connectivity index (χ1) is 20.6. The van der Waals surface area contributed by atoms with E-state index in [4.69, 9.17) is 21.4 Å². The van der Waals surface area contributed by atoms with E-state index in [1.54, 1.807) is 50.4 Å². The van der Waals surface area contributed by atoms with Gasteiger partial charge in [-0.15, -0.1) is 16.9 Å². The van der Waals surface area contributed by atoms with E-state index in [1.165, 1.54) is 39.4 Å². The third-order valence-corrected chi connectivity index (χ3v) is 9.25. The number of nitrogens with one attached hydrogen (secondary N) is 2. The van der Waals surface area contributed by atoms with E-state index in [-0.39, 0.29) is 17.2 Å². The summed E-state index contributed by atoms with van der Waals surface area (Å²) in [5, 5.41) is 26.4. The molecule has 2 aliphatic heterocycles. The topological polar surface area (TPSA) is 182 Å². The Bertz CT molecular complexity index is 1660. The Kier molecular flexibility index (Phi) is 9.12. The Morgan fingerprint density at radius 3 is 2.74 bits per heavy atom. The number of rotatable bonds is 11. The molecule has 0 spiro atoms. The molecule has 3 aromatic rings. The number of thioether (sulfide) groups is 2. The van der Waals surface area contributed by atoms with Crippen molar-refractivity contribution >= 4 is 59.4 Å². The Labute approximate surface area is 258 Å². The highest BCUT2D eigenvalue weighted by Gasteiger charge is 2.54. The fourth-order valence-electron chi connectivity index (χ4n) is 4.42. The molecule has 14 nitrogen and oxygen atoms in total. The molecule has 17 heteroatoms. The molecule has 1 fully saturated rings. The van der Waals surface area contributed by atoms with Crippen molar-refractivity contribution in [1.82, 2.24) is 35.7 Å². The maximum absolute atomic E-state index is 13.5. The van der Waals surface area contributed by atoms with E-state index in [0.717, 1.165) is 0 Å². The van der Waals surface area contributed by atoms with Crippen LogP contribution < -0.4 is 15.4 Å². The number of fused-ring (bicyclic) bond motifs is 1. The van der Waals surface area contributed by atoms with E-state index in [1.807, 2.05) is 0 Å². The predicted molar refractivity (Wildman–Crippen MR) is 156 cm³/mol. The van der Waals surface area contributed by atoms with Crippen molar-refractivity contribution in [2.45, 2.75) is 29.5 Å². The largest absolute Gasteiger partial charge is 0.479 e. The first-order valence-corrected chi connectivity index (χ1v) is 15.2. The van der Waals surface area contributed by atoms with Crippen molar-refractivity contribution in [1.29, 1.82) is 0 Å². The molecular weight excluding hydrogens is 619 g/mol. The molecule has 1 saturated heterocycles. The van der Waals surface area contributed by atoms with Crippen LogP contribution in [0, 0.1) is 11.4 Å². The fourth-order valence-corrected chi connectivity index (χ4v) is 7.03. The number of nitrogens with zero attached hydrogens (tertiary/aromatic N) is 5. The van der Waals surface area contributed by atoms with Crippen molar-refractivity contribution in [2.24, 2.45) is 7.05 Å². The normalized spacial score (nSPS) is 18.4. The van der Waals surface area contributed by atoms with Crippen LogP contribution in [-0.4, -0.2) is 83.4 Å². The molecule has 43 heavy (non-hydrogen) atoms. The maximum Gasteiger partial charge on any atom is 0.352 e. The molecule has 2 unspecified atom stereocenters. The molecule has 0 radical (unpaired) electrons. The molecule has 3 amide bonds. The van der Waals surface area contributed by atoms with Crippen molar-refractivity contribution in [3.63, 3.8) is 0 Å². The molecule has 1 aromatic carbocycles. The minimum atomic E-state index is -1.24. The summed E-state index contributed by atoms with van der Waals surface area (Å²) in [4.78, 5) is 52.9. The lowest BCUT2D eigenvalue weighted by atomic mass is 10.0. The van der Waals surface area contributed by atoms with Gasteiger partial charge in [-0.2, -0.15) is 0 Å². The van der Waals surface area contributed by atoms with Gasteiger partial charge in [0.15, 0.2) is 12.4 Å². The third kappa shape index (κ3) is 6.57. The van der Waals surface area contributed by atoms with Gasteiger partial charge in [0.05, 0.1) is 4.51 Å². The molecule has 224 valence electrons. The highest BCUT2D eigenvalue weighted by molar-refractivity contribution is 8.01. The van der Waals surface area contributed by atoms with E-state index < -0.39 is 47.8 Å². The highest BCUT2D eigenvalue weighted by atomic mass is 32.2. The average molecular weight is 644 g/mol. The first kappa shape index (κ1) is 30.2. The van der Waals surface area contributed by atoms with Crippen molar-refractivity contribution in [2.75, 3.05) is 18.1 Å². The van der Waals surface area contributed by atoms with Crippen molar-refractivity contribution in [3.05, 3.63) is 69.8 Å². The Morgan fingerprint density at radius 1 is 1.30 bits per heavy atom. The van der Waals surface area contributed by atoms with E-state index in [2.05, 4.69) is 26.2 Å². The molecule has 0 aliphatic carbocycles. The van der Waals surface area contributed by atoms with Crippen LogP contribution in [0.4, 0.5) is 0 Å². The third-order valence-electron chi connectivity index (χ3n) is 6.49. The number of hydrogen-bond donors (Lipinski definition) is 3. The molecule has 4 heterocycles. The Balaban J connectivity index is 1.27. The zero-order valence-corrected chi connectivity index (χ0v) is 25.2. The molecule has 0 bridgehead atoms. The molecule has 2 aromatic heterocycles. The second-order valence-corrected chi connectivity index (χ2v) is 11.9. The number of aromatic nitrogens is 4. The highest BCUT2D eigenvalue weighted by Crippen LogP contribution is 2.41. The number of aliphatic carboxylic acids is 1. The average Bonchev–Trinajstić information content (AvgIpc) is 3.41. The molecule has 2 aliphatic rings. The van der Waals surface area contributed by atoms with Gasteiger partial charge in [-0.05, 0) is 34.6 Å². The zero-order chi connectivity index (χ0) is 30.7. The number of carbonyl (C=O) groups excluding carboxylic acids is 3. The molecular formula is C26H25N7O7S3. The van der Waals surface area contributed by atoms with Gasteiger partial charge in [-0.25, -0.2) is 9.48 Å². The SMILES string of the molecule is Cc1cc(=S)c(OCC(=O)NC(C(=O)NC2C(=O)N3C(C(=O)O)=C(CSc4nnnn4C)CS[C@@H]23)c2ccccc2)co1. The maximum atomic E-state index is 13.5. The van der Waals surface area contributed by atoms with Gasteiger partial charge in [0.2, 0.25) is 11.1 Å². The van der Waals surface area contributed by atoms with Gasteiger partial charge in [0.25, 0.3) is 11.8 Å². The number of β-lactam (4-membered cyclic amide) rings is 1. The first-order valence-electron chi connectivity index (χ1n) is 12.8. The molecule has 5 rings (SSSR count). The monoisotopic (exact) mass is 643 g/mol. The number of benzene rings is 1. The summed E-state index contributed by atoms with van der Waals surface area (Å²) in [5.41, 5.74) is 0.903. The lowest BCUT2D eigenvalue weighted by Gasteiger charge is -2.49. The van der Waals surface area contributed by atoms with Gasteiger partial charge < -0.3 is 24.9 Å². The quantitative estimate of drug-likeness (QED) is 0.156. The summed E-state index contributed by atoms with van der Waals surface area (Å²) in [6.07, 6.45) is 1.30. The predicted octanol–water partition coefficient (Wildman–Crippen LogP) is 1.61. The van der Waals surface area contributed by atoms with Crippen LogP contribution in [0.5, 0.6) is 5.75 Å². The van der Waals surface area contributed by atoms with Gasteiger partial charge in [0.1, 0.15) is 35.2 Å². The minimum absolute atomic E-state index is 0.115. The van der Waals surface area contributed by atoms with Gasteiger partial charge in [0, 0.05) is 18.6 Å². The molecule has 3 atom stereocenters. The summed E-state index contributed by atoms with van der Waals surface area (Å²) in [6.45, 7) is 1.29. The number of amides is 3. The van der Waals surface area contributed by atoms with Gasteiger partial charge in [-0.3, -0.25) is 19.3 Å². The molecule has 3 N–H and O–H groups in total. The Hall–Kier alpha value is -4.22. The summed E-state index contributed by atoms with van der Waals surface area (Å²) in [7, 11) is 1.67. The van der Waals surface area contributed by atoms with Crippen LogP contribution in [0.1, 0.15) is 17.4 Å². The number of carboxylic acid groups (broad SMARTS) is 1. The van der Waals surface area contributed by atoms with Crippen LogP contribution in [-0.2, 0) is 26.2 Å². The molecule has 0 saturated carbocycles. The summed E-state index contributed by atoms with van der Waals surface area (Å²) >= 11 is 7.82. The number of hydrogen-bond acceptors (Lipinski definition) is 12. The summed E-state index contributed by atoms with van der Waals surface area (Å²) in [6, 6.07) is 7.97. The Morgan fingerprint density at radius 2 is 2.07 bits per heavy atom. The lowest BCUT2D eigenvalue weighted by molar-refractivity contribution is -0.151. The number of carboxylic acids is 1. The zero-order valence-electron chi connectivity index (χ0n) is 22.8. The van der Waals surface area contributed by atoms with Crippen LogP contribution in [0.3, 0.4) is 0 Å². The van der Waals surface area contributed by atoms with Crippen LogP contribution in [0.25, 0.3) is 0 Å². The smallest absolute Gasteiger partial charge is 0.352 e. The number of tetrazole rings is 1. The number of aryl methyl sites for hydroxylation is 2. The fraction of sp³-hybridized carbons (Fsp3) is 0.308. The number of carbonyl (C=O) groups is 4. The minimum Gasteiger partial charge on any atom is -0.479 e. The standard InChI is InChI=1S/C26H25N7O7S3/c1-13-8-17(41)16(9-39-13)40-10-18(34)27-19(14-6-4-3-5-7-14)22(35)28-20-23(36)33-21(25(37)38)15(11-42-24(20)33)12-43-26-29-30-31-32(26)2/h3-9,19-20,24H,10-12H2,1-2H3,(H,27,34)(H,28,35)(H,37,38)/t19?,20?,24-/m0/s1. The van der Waals surface area contributed by atoms with Crippen LogP contribution in [0.15, 0.2) is 63.5 Å². The van der Waals surface area contributed by atoms with Gasteiger partial charge >= 0.3 is 5.97 Å². The summed E-state index contributed by atoms with van der Waals surface area (Å²) in [5.74, 6) is -1.66. The van der Waals surface area contributed by atoms with Gasteiger partial charge in [-0.1, -0.05) is 54.3 Å². The van der Waals surface area contributed by atoms with Crippen molar-refractivity contribution in [3.8, 4) is 5.75 Å². The second-order valence-electron chi connectivity index (χ2n) is 9.45. The van der Waals surface area contributed by atoms with E-state index in [9.17, 15) is 24.3 Å². The van der Waals surface area contributed by atoms with Crippen LogP contribution in [0.2, 0.25) is 0 Å². The summed E-state index contributed by atoms with van der Waals surface area (Å²) < 4.78 is 12.6. The van der Waals surface area contributed by atoms with Crippen molar-refractivity contribution < 1.29 is 33.4 Å². The number of ether oxygens (including phenoxy) is 1. The van der Waals surface area contributed by atoms with E-state index in [0.29, 0.717) is 32.3 Å². The second kappa shape index (κ2) is 13.0.